The monoisotopic (exact) mass is 373 g/mol. The zero-order chi connectivity index (χ0) is 19.0. The van der Waals surface area contributed by atoms with Crippen LogP contribution >= 0.6 is 0 Å². The molecule has 2 saturated heterocycles. The Kier molecular flexibility index (Phi) is 5.21. The van der Waals surface area contributed by atoms with E-state index in [1.807, 2.05) is 0 Å². The average molecular weight is 374 g/mol. The van der Waals surface area contributed by atoms with Gasteiger partial charge in [0.2, 0.25) is 11.8 Å². The summed E-state index contributed by atoms with van der Waals surface area (Å²) in [6, 6.07) is 0.553. The Hall–Kier alpha value is -1.89. The number of guanidine groups is 1. The number of hydrogen-bond donors (Lipinski definition) is 2. The fourth-order valence-electron chi connectivity index (χ4n) is 5.45. The van der Waals surface area contributed by atoms with Crippen LogP contribution in [0.25, 0.3) is 0 Å². The number of likely N-dealkylation sites (N-methyl/N-ethyl adjacent to an activating group) is 1. The highest BCUT2D eigenvalue weighted by Gasteiger charge is 2.58. The van der Waals surface area contributed by atoms with Crippen molar-refractivity contribution in [2.45, 2.75) is 32.2 Å². The van der Waals surface area contributed by atoms with Gasteiger partial charge in [-0.2, -0.15) is 0 Å². The number of nitrogens with one attached hydrogen (secondary N) is 2. The molecule has 4 aliphatic rings. The van der Waals surface area contributed by atoms with Gasteiger partial charge in [0.05, 0.1) is 11.8 Å². The van der Waals surface area contributed by atoms with Crippen molar-refractivity contribution in [2.75, 3.05) is 39.8 Å². The van der Waals surface area contributed by atoms with Crippen LogP contribution in [0, 0.1) is 23.7 Å². The van der Waals surface area contributed by atoms with E-state index in [9.17, 15) is 9.59 Å². The topological polar surface area (TPSA) is 77.0 Å². The SMILES string of the molecule is CCN1CCCC1CNC(=NC)NCCN1C(=O)C2C3C=CC(C3)C2C1=O. The number of aliphatic imine (C=N–C) groups is 1. The molecule has 7 heteroatoms. The van der Waals surface area contributed by atoms with E-state index in [0.717, 1.165) is 25.5 Å². The maximum absolute atomic E-state index is 12.7. The summed E-state index contributed by atoms with van der Waals surface area (Å²) in [7, 11) is 1.75. The quantitative estimate of drug-likeness (QED) is 0.306. The van der Waals surface area contributed by atoms with Crippen molar-refractivity contribution in [3.05, 3.63) is 12.2 Å². The maximum Gasteiger partial charge on any atom is 0.233 e. The number of allylic oxidation sites excluding steroid dienone is 2. The van der Waals surface area contributed by atoms with Crippen molar-refractivity contribution in [3.63, 3.8) is 0 Å². The lowest BCUT2D eigenvalue weighted by atomic mass is 9.85. The fourth-order valence-corrected chi connectivity index (χ4v) is 5.45. The number of carbonyl (C=O) groups is 2. The van der Waals surface area contributed by atoms with Gasteiger partial charge in [0, 0.05) is 32.7 Å². The third-order valence-corrected chi connectivity index (χ3v) is 6.82. The van der Waals surface area contributed by atoms with Crippen molar-refractivity contribution in [3.8, 4) is 0 Å². The Morgan fingerprint density at radius 1 is 1.19 bits per heavy atom. The molecule has 2 heterocycles. The first-order valence-electron chi connectivity index (χ1n) is 10.4. The first kappa shape index (κ1) is 18.5. The minimum absolute atomic E-state index is 0.0242. The standard InChI is InChI=1S/C20H31N5O2/c1-3-24-9-4-5-15(24)12-23-20(21-2)22-8-10-25-18(26)16-13-6-7-14(11-13)17(16)19(25)27/h6-7,13-17H,3-5,8-12H2,1-2H3,(H2,21,22,23). The highest BCUT2D eigenvalue weighted by Crippen LogP contribution is 2.52. The second-order valence-corrected chi connectivity index (χ2v) is 8.13. The Morgan fingerprint density at radius 2 is 1.89 bits per heavy atom. The molecule has 4 rings (SSSR count). The molecule has 0 spiro atoms. The molecular formula is C20H31N5O2. The van der Waals surface area contributed by atoms with Gasteiger partial charge in [-0.05, 0) is 44.2 Å². The number of likely N-dealkylation sites (tertiary alicyclic amines) is 2. The van der Waals surface area contributed by atoms with Crippen LogP contribution < -0.4 is 10.6 Å². The van der Waals surface area contributed by atoms with E-state index in [-0.39, 0.29) is 35.5 Å². The molecule has 27 heavy (non-hydrogen) atoms. The molecule has 0 aromatic heterocycles. The zero-order valence-electron chi connectivity index (χ0n) is 16.4. The smallest absolute Gasteiger partial charge is 0.233 e. The molecule has 2 bridgehead atoms. The predicted molar refractivity (Wildman–Crippen MR) is 104 cm³/mol. The Labute approximate surface area is 161 Å². The van der Waals surface area contributed by atoms with Crippen LogP contribution in [-0.4, -0.2) is 73.4 Å². The largest absolute Gasteiger partial charge is 0.355 e. The number of imide groups is 1. The highest BCUT2D eigenvalue weighted by molar-refractivity contribution is 6.06. The van der Waals surface area contributed by atoms with Gasteiger partial charge in [-0.3, -0.25) is 24.4 Å². The number of carbonyl (C=O) groups excluding carboxylic acids is 2. The lowest BCUT2D eigenvalue weighted by Crippen LogP contribution is -2.47. The Morgan fingerprint density at radius 3 is 2.52 bits per heavy atom. The van der Waals surface area contributed by atoms with E-state index in [1.165, 1.54) is 24.3 Å². The molecular weight excluding hydrogens is 342 g/mol. The van der Waals surface area contributed by atoms with Crippen molar-refractivity contribution in [1.82, 2.24) is 20.4 Å². The third-order valence-electron chi connectivity index (χ3n) is 6.82. The normalized spacial score (nSPS) is 35.4. The summed E-state index contributed by atoms with van der Waals surface area (Å²) in [5.74, 6) is 1.12. The second kappa shape index (κ2) is 7.62. The van der Waals surface area contributed by atoms with E-state index in [4.69, 9.17) is 0 Å². The summed E-state index contributed by atoms with van der Waals surface area (Å²) >= 11 is 0. The minimum atomic E-state index is -0.104. The van der Waals surface area contributed by atoms with Crippen LogP contribution in [0.15, 0.2) is 17.1 Å². The second-order valence-electron chi connectivity index (χ2n) is 8.13. The third kappa shape index (κ3) is 3.26. The summed E-state index contributed by atoms with van der Waals surface area (Å²) in [5, 5.41) is 6.64. The molecule has 0 radical (unpaired) electrons. The van der Waals surface area contributed by atoms with Crippen LogP contribution in [0.1, 0.15) is 26.2 Å². The van der Waals surface area contributed by atoms with Gasteiger partial charge in [-0.25, -0.2) is 0 Å². The van der Waals surface area contributed by atoms with Gasteiger partial charge in [0.1, 0.15) is 0 Å². The van der Waals surface area contributed by atoms with Crippen molar-refractivity contribution >= 4 is 17.8 Å². The molecule has 2 amide bonds. The van der Waals surface area contributed by atoms with Gasteiger partial charge in [0.25, 0.3) is 0 Å². The maximum atomic E-state index is 12.7. The summed E-state index contributed by atoms with van der Waals surface area (Å²) in [5.41, 5.74) is 0. The van der Waals surface area contributed by atoms with Crippen molar-refractivity contribution in [2.24, 2.45) is 28.7 Å². The number of fused-ring (bicyclic) bond motifs is 5. The summed E-state index contributed by atoms with van der Waals surface area (Å²) < 4.78 is 0. The van der Waals surface area contributed by atoms with Crippen molar-refractivity contribution in [1.29, 1.82) is 0 Å². The first-order chi connectivity index (χ1) is 13.1. The van der Waals surface area contributed by atoms with Crippen LogP contribution in [0.4, 0.5) is 0 Å². The molecule has 5 unspecified atom stereocenters. The lowest BCUT2D eigenvalue weighted by Gasteiger charge is -2.24. The summed E-state index contributed by atoms with van der Waals surface area (Å²) in [4.78, 5) is 33.6. The van der Waals surface area contributed by atoms with Crippen LogP contribution in [0.2, 0.25) is 0 Å². The minimum Gasteiger partial charge on any atom is -0.355 e. The number of nitrogens with zero attached hydrogens (tertiary/aromatic N) is 3. The number of amides is 2. The molecule has 0 aromatic rings. The van der Waals surface area contributed by atoms with Gasteiger partial charge >= 0.3 is 0 Å². The molecule has 0 aromatic carbocycles. The Bertz CT molecular complexity index is 631. The van der Waals surface area contributed by atoms with Gasteiger partial charge in [-0.1, -0.05) is 19.1 Å². The van der Waals surface area contributed by atoms with Crippen LogP contribution in [-0.2, 0) is 9.59 Å². The first-order valence-corrected chi connectivity index (χ1v) is 10.4. The summed E-state index contributed by atoms with van der Waals surface area (Å²) in [6.45, 7) is 6.27. The van der Waals surface area contributed by atoms with E-state index in [1.54, 1.807) is 7.05 Å². The molecule has 3 fully saturated rings. The van der Waals surface area contributed by atoms with E-state index >= 15 is 0 Å². The molecule has 2 aliphatic heterocycles. The fraction of sp³-hybridized carbons (Fsp3) is 0.750. The van der Waals surface area contributed by atoms with E-state index < -0.39 is 0 Å². The average Bonchev–Trinajstić information content (AvgIpc) is 3.44. The highest BCUT2D eigenvalue weighted by atomic mass is 16.2. The molecule has 2 aliphatic carbocycles. The number of rotatable bonds is 6. The van der Waals surface area contributed by atoms with Gasteiger partial charge < -0.3 is 10.6 Å². The summed E-state index contributed by atoms with van der Waals surface area (Å²) in [6.07, 6.45) is 7.71. The molecule has 1 saturated carbocycles. The van der Waals surface area contributed by atoms with E-state index in [2.05, 4.69) is 39.6 Å². The molecule has 7 nitrogen and oxygen atoms in total. The molecule has 2 N–H and O–H groups in total. The van der Waals surface area contributed by atoms with Crippen molar-refractivity contribution < 1.29 is 9.59 Å². The molecule has 148 valence electrons. The van der Waals surface area contributed by atoms with Crippen LogP contribution in [0.5, 0.6) is 0 Å². The zero-order valence-corrected chi connectivity index (χ0v) is 16.4. The van der Waals surface area contributed by atoms with Gasteiger partial charge in [0.15, 0.2) is 5.96 Å². The van der Waals surface area contributed by atoms with Gasteiger partial charge in [-0.15, -0.1) is 0 Å². The van der Waals surface area contributed by atoms with Crippen LogP contribution in [0.3, 0.4) is 0 Å². The molecule has 5 atom stereocenters. The Balaban J connectivity index is 1.24. The van der Waals surface area contributed by atoms with E-state index in [0.29, 0.717) is 19.1 Å². The number of hydrogen-bond acceptors (Lipinski definition) is 4. The predicted octanol–water partition coefficient (Wildman–Crippen LogP) is 0.443. The lowest BCUT2D eigenvalue weighted by molar-refractivity contribution is -0.140.